The maximum Gasteiger partial charge on any atom is 0.231 e. The topological polar surface area (TPSA) is 30.5 Å². The van der Waals surface area contributed by atoms with Gasteiger partial charge >= 0.3 is 0 Å². The molecule has 1 aliphatic rings. The minimum absolute atomic E-state index is 0.300. The maximum atomic E-state index is 5.38. The molecular weight excluding hydrogens is 250 g/mol. The fourth-order valence-electron chi connectivity index (χ4n) is 2.41. The second kappa shape index (κ2) is 4.46. The number of hydrogen-bond acceptors (Lipinski definition) is 3. The second-order valence-corrected chi connectivity index (χ2v) is 4.75. The highest BCUT2D eigenvalue weighted by molar-refractivity contribution is 5.86. The standard InChI is InChI=1S/C17H13NO2/c1-2-4-13-9-14(6-5-12(13)3-1)18-15-7-8-16-17(10-15)20-11-19-16/h1-10,18H,11H2. The summed E-state index contributed by atoms with van der Waals surface area (Å²) in [5.41, 5.74) is 2.05. The smallest absolute Gasteiger partial charge is 0.231 e. The minimum Gasteiger partial charge on any atom is -0.454 e. The van der Waals surface area contributed by atoms with E-state index < -0.39 is 0 Å². The van der Waals surface area contributed by atoms with Crippen LogP contribution in [0.2, 0.25) is 0 Å². The van der Waals surface area contributed by atoms with Gasteiger partial charge in [0.25, 0.3) is 0 Å². The molecule has 0 aliphatic carbocycles. The molecule has 0 aromatic heterocycles. The Morgan fingerprint density at radius 2 is 1.45 bits per heavy atom. The van der Waals surface area contributed by atoms with E-state index in [-0.39, 0.29) is 0 Å². The molecule has 3 aromatic rings. The van der Waals surface area contributed by atoms with E-state index in [4.69, 9.17) is 9.47 Å². The van der Waals surface area contributed by atoms with Crippen LogP contribution in [0.5, 0.6) is 11.5 Å². The van der Waals surface area contributed by atoms with Crippen LogP contribution >= 0.6 is 0 Å². The molecule has 0 amide bonds. The number of nitrogens with one attached hydrogen (secondary N) is 1. The van der Waals surface area contributed by atoms with Crippen molar-refractivity contribution in [2.24, 2.45) is 0 Å². The predicted octanol–water partition coefficient (Wildman–Crippen LogP) is 4.31. The van der Waals surface area contributed by atoms with Gasteiger partial charge in [0.05, 0.1) is 0 Å². The Labute approximate surface area is 116 Å². The number of hydrogen-bond donors (Lipinski definition) is 1. The molecule has 0 bridgehead atoms. The summed E-state index contributed by atoms with van der Waals surface area (Å²) in [6, 6.07) is 20.5. The Morgan fingerprint density at radius 1 is 0.700 bits per heavy atom. The van der Waals surface area contributed by atoms with Crippen LogP contribution in [0.3, 0.4) is 0 Å². The molecule has 0 saturated heterocycles. The van der Waals surface area contributed by atoms with Gasteiger partial charge in [0.15, 0.2) is 11.5 Å². The zero-order chi connectivity index (χ0) is 13.4. The molecule has 0 unspecified atom stereocenters. The fraction of sp³-hybridized carbons (Fsp3) is 0.0588. The monoisotopic (exact) mass is 263 g/mol. The highest BCUT2D eigenvalue weighted by Gasteiger charge is 2.13. The molecule has 0 atom stereocenters. The highest BCUT2D eigenvalue weighted by atomic mass is 16.7. The van der Waals surface area contributed by atoms with Gasteiger partial charge in [0.2, 0.25) is 6.79 Å². The molecule has 20 heavy (non-hydrogen) atoms. The second-order valence-electron chi connectivity index (χ2n) is 4.75. The molecule has 0 radical (unpaired) electrons. The third-order valence-corrected chi connectivity index (χ3v) is 3.41. The van der Waals surface area contributed by atoms with Crippen LogP contribution in [0.25, 0.3) is 10.8 Å². The highest BCUT2D eigenvalue weighted by Crippen LogP contribution is 2.35. The molecular formula is C17H13NO2. The number of anilines is 2. The van der Waals surface area contributed by atoms with Gasteiger partial charge in [-0.15, -0.1) is 0 Å². The van der Waals surface area contributed by atoms with Gasteiger partial charge in [-0.3, -0.25) is 0 Å². The van der Waals surface area contributed by atoms with Crippen molar-refractivity contribution in [2.75, 3.05) is 12.1 Å². The minimum atomic E-state index is 0.300. The maximum absolute atomic E-state index is 5.38. The Kier molecular flexibility index (Phi) is 2.49. The average Bonchev–Trinajstić information content (AvgIpc) is 2.95. The Hall–Kier alpha value is -2.68. The van der Waals surface area contributed by atoms with Crippen molar-refractivity contribution >= 4 is 22.1 Å². The zero-order valence-electron chi connectivity index (χ0n) is 10.8. The number of fused-ring (bicyclic) bond motifs is 2. The van der Waals surface area contributed by atoms with E-state index in [0.29, 0.717) is 6.79 Å². The first-order chi connectivity index (χ1) is 9.88. The SMILES string of the molecule is c1ccc2cc(Nc3ccc4c(c3)OCO4)ccc2c1. The molecule has 4 rings (SSSR count). The molecule has 1 heterocycles. The van der Waals surface area contributed by atoms with Crippen LogP contribution in [-0.4, -0.2) is 6.79 Å². The number of ether oxygens (including phenoxy) is 2. The lowest BCUT2D eigenvalue weighted by Crippen LogP contribution is -1.93. The van der Waals surface area contributed by atoms with Gasteiger partial charge in [-0.05, 0) is 35.0 Å². The first-order valence-electron chi connectivity index (χ1n) is 6.54. The van der Waals surface area contributed by atoms with Crippen molar-refractivity contribution < 1.29 is 9.47 Å². The summed E-state index contributed by atoms with van der Waals surface area (Å²) in [4.78, 5) is 0. The summed E-state index contributed by atoms with van der Waals surface area (Å²) in [5, 5.41) is 5.85. The average molecular weight is 263 g/mol. The van der Waals surface area contributed by atoms with E-state index >= 15 is 0 Å². The zero-order valence-corrected chi connectivity index (χ0v) is 10.8. The summed E-state index contributed by atoms with van der Waals surface area (Å²) in [7, 11) is 0. The fourth-order valence-corrected chi connectivity index (χ4v) is 2.41. The third-order valence-electron chi connectivity index (χ3n) is 3.41. The Bertz CT molecular complexity index is 783. The van der Waals surface area contributed by atoms with Gasteiger partial charge < -0.3 is 14.8 Å². The van der Waals surface area contributed by atoms with Crippen molar-refractivity contribution in [1.29, 1.82) is 0 Å². The third kappa shape index (κ3) is 1.93. The van der Waals surface area contributed by atoms with Crippen molar-refractivity contribution in [1.82, 2.24) is 0 Å². The predicted molar refractivity (Wildman–Crippen MR) is 79.8 cm³/mol. The molecule has 1 N–H and O–H groups in total. The Morgan fingerprint density at radius 3 is 2.40 bits per heavy atom. The first-order valence-corrected chi connectivity index (χ1v) is 6.54. The van der Waals surface area contributed by atoms with Crippen LogP contribution in [0.15, 0.2) is 60.7 Å². The van der Waals surface area contributed by atoms with E-state index in [1.54, 1.807) is 0 Å². The molecule has 3 heteroatoms. The van der Waals surface area contributed by atoms with Crippen molar-refractivity contribution in [3.8, 4) is 11.5 Å². The summed E-state index contributed by atoms with van der Waals surface area (Å²) in [5.74, 6) is 1.59. The molecule has 98 valence electrons. The molecule has 3 nitrogen and oxygen atoms in total. The molecule has 0 spiro atoms. The van der Waals surface area contributed by atoms with E-state index in [9.17, 15) is 0 Å². The van der Waals surface area contributed by atoms with Crippen LogP contribution in [0.1, 0.15) is 0 Å². The quantitative estimate of drug-likeness (QED) is 0.747. The van der Waals surface area contributed by atoms with Gasteiger partial charge in [0, 0.05) is 17.4 Å². The molecule has 0 fully saturated rings. The van der Waals surface area contributed by atoms with E-state index in [0.717, 1.165) is 22.9 Å². The van der Waals surface area contributed by atoms with Gasteiger partial charge in [-0.2, -0.15) is 0 Å². The van der Waals surface area contributed by atoms with Crippen LogP contribution in [0, 0.1) is 0 Å². The van der Waals surface area contributed by atoms with Gasteiger partial charge in [-0.25, -0.2) is 0 Å². The normalized spacial score (nSPS) is 12.6. The summed E-state index contributed by atoms with van der Waals surface area (Å²) in [6.45, 7) is 0.300. The lowest BCUT2D eigenvalue weighted by molar-refractivity contribution is 0.174. The van der Waals surface area contributed by atoms with Crippen molar-refractivity contribution in [3.05, 3.63) is 60.7 Å². The lowest BCUT2D eigenvalue weighted by Gasteiger charge is -2.08. The first kappa shape index (κ1) is 11.2. The van der Waals surface area contributed by atoms with Gasteiger partial charge in [0.1, 0.15) is 0 Å². The molecule has 3 aromatic carbocycles. The van der Waals surface area contributed by atoms with E-state index in [2.05, 4.69) is 35.6 Å². The van der Waals surface area contributed by atoms with Gasteiger partial charge in [-0.1, -0.05) is 30.3 Å². The van der Waals surface area contributed by atoms with E-state index in [1.807, 2.05) is 30.3 Å². The summed E-state index contributed by atoms with van der Waals surface area (Å²) in [6.07, 6.45) is 0. The lowest BCUT2D eigenvalue weighted by atomic mass is 10.1. The van der Waals surface area contributed by atoms with Crippen LogP contribution in [-0.2, 0) is 0 Å². The number of benzene rings is 3. The van der Waals surface area contributed by atoms with Crippen molar-refractivity contribution in [3.63, 3.8) is 0 Å². The Balaban J connectivity index is 1.67. The van der Waals surface area contributed by atoms with E-state index in [1.165, 1.54) is 10.8 Å². The summed E-state index contributed by atoms with van der Waals surface area (Å²) < 4.78 is 10.7. The van der Waals surface area contributed by atoms with Crippen molar-refractivity contribution in [2.45, 2.75) is 0 Å². The van der Waals surface area contributed by atoms with Crippen LogP contribution in [0.4, 0.5) is 11.4 Å². The molecule has 0 saturated carbocycles. The molecule has 1 aliphatic heterocycles. The number of rotatable bonds is 2. The largest absolute Gasteiger partial charge is 0.454 e. The summed E-state index contributed by atoms with van der Waals surface area (Å²) >= 11 is 0. The van der Waals surface area contributed by atoms with Crippen LogP contribution < -0.4 is 14.8 Å².